The summed E-state index contributed by atoms with van der Waals surface area (Å²) in [5, 5.41) is 4.52. The molecule has 0 aromatic carbocycles. The molecule has 33 heavy (non-hydrogen) atoms. The van der Waals surface area contributed by atoms with E-state index in [0.29, 0.717) is 25.4 Å². The van der Waals surface area contributed by atoms with Crippen LogP contribution in [0.1, 0.15) is 66.4 Å². The minimum Gasteiger partial charge on any atom is -0.352 e. The molecule has 0 saturated carbocycles. The zero-order chi connectivity index (χ0) is 24.8. The smallest absolute Gasteiger partial charge is 0.352 e. The molecule has 2 heterocycles. The van der Waals surface area contributed by atoms with E-state index < -0.39 is 35.0 Å². The third-order valence-electron chi connectivity index (χ3n) is 4.77. The molecular weight excluding hydrogens is 437 g/mol. The van der Waals surface area contributed by atoms with Crippen LogP contribution in [0.2, 0.25) is 0 Å². The van der Waals surface area contributed by atoms with E-state index in [9.17, 15) is 27.6 Å². The van der Waals surface area contributed by atoms with Crippen LogP contribution in [0.3, 0.4) is 0 Å². The van der Waals surface area contributed by atoms with Gasteiger partial charge in [-0.2, -0.15) is 13.2 Å². The predicted molar refractivity (Wildman–Crippen MR) is 118 cm³/mol. The number of carbonyl (C=O) groups is 2. The van der Waals surface area contributed by atoms with Crippen molar-refractivity contribution in [3.05, 3.63) is 63.8 Å². The number of hydrogen-bond acceptors (Lipinski definition) is 4. The van der Waals surface area contributed by atoms with Crippen LogP contribution in [0, 0.1) is 11.8 Å². The molecule has 2 aromatic heterocycles. The maximum absolute atomic E-state index is 13.7. The molecule has 1 atom stereocenters. The van der Waals surface area contributed by atoms with E-state index in [0.717, 1.165) is 6.20 Å². The highest BCUT2D eigenvalue weighted by atomic mass is 19.4. The molecule has 0 aliphatic carbocycles. The van der Waals surface area contributed by atoms with E-state index in [1.54, 1.807) is 0 Å². The standard InChI is InChI=1S/C23H29F3N4O3/c1-14(2)7-9-28-21(32)17-12-30(11-15(3)4)13-18(19(17)31)22(33)29-20(23(24,25)26)16-6-5-8-27-10-16/h5-6,8,10,12-15,20H,7,9,11H2,1-4H3,(H,28,32)(H,29,33)/t20-/m1/s1. The fourth-order valence-corrected chi connectivity index (χ4v) is 3.16. The monoisotopic (exact) mass is 466 g/mol. The number of pyridine rings is 2. The molecule has 0 fully saturated rings. The van der Waals surface area contributed by atoms with Gasteiger partial charge < -0.3 is 15.2 Å². The van der Waals surface area contributed by atoms with Gasteiger partial charge in [0.1, 0.15) is 11.1 Å². The summed E-state index contributed by atoms with van der Waals surface area (Å²) in [6.45, 7) is 8.43. The summed E-state index contributed by atoms with van der Waals surface area (Å²) in [5.41, 5.74) is -2.03. The third-order valence-corrected chi connectivity index (χ3v) is 4.77. The maximum Gasteiger partial charge on any atom is 0.412 e. The second kappa shape index (κ2) is 11.1. The topological polar surface area (TPSA) is 93.1 Å². The van der Waals surface area contributed by atoms with Crippen molar-refractivity contribution in [1.82, 2.24) is 20.2 Å². The lowest BCUT2D eigenvalue weighted by Crippen LogP contribution is -2.41. The first-order valence-corrected chi connectivity index (χ1v) is 10.7. The van der Waals surface area contributed by atoms with Gasteiger partial charge in [0.15, 0.2) is 6.04 Å². The van der Waals surface area contributed by atoms with Crippen LogP contribution < -0.4 is 16.1 Å². The lowest BCUT2D eigenvalue weighted by Gasteiger charge is -2.22. The van der Waals surface area contributed by atoms with Crippen LogP contribution in [-0.2, 0) is 6.54 Å². The van der Waals surface area contributed by atoms with Gasteiger partial charge in [-0.25, -0.2) is 0 Å². The quantitative estimate of drug-likeness (QED) is 0.589. The predicted octanol–water partition coefficient (Wildman–Crippen LogP) is 3.71. The van der Waals surface area contributed by atoms with E-state index in [2.05, 4.69) is 10.3 Å². The fourth-order valence-electron chi connectivity index (χ4n) is 3.16. The van der Waals surface area contributed by atoms with Crippen molar-refractivity contribution in [2.75, 3.05) is 6.54 Å². The molecule has 0 spiro atoms. The molecule has 2 N–H and O–H groups in total. The van der Waals surface area contributed by atoms with Crippen LogP contribution in [0.15, 0.2) is 41.7 Å². The van der Waals surface area contributed by atoms with Crippen molar-refractivity contribution >= 4 is 11.8 Å². The number of hydrogen-bond donors (Lipinski definition) is 2. The Morgan fingerprint density at radius 1 is 1.06 bits per heavy atom. The van der Waals surface area contributed by atoms with Gasteiger partial charge in [-0.15, -0.1) is 0 Å². The summed E-state index contributed by atoms with van der Waals surface area (Å²) in [7, 11) is 0. The zero-order valence-electron chi connectivity index (χ0n) is 19.1. The van der Waals surface area contributed by atoms with E-state index in [1.807, 2.05) is 33.0 Å². The van der Waals surface area contributed by atoms with Gasteiger partial charge >= 0.3 is 6.18 Å². The van der Waals surface area contributed by atoms with Gasteiger partial charge in [-0.05, 0) is 24.3 Å². The Labute approximate surface area is 190 Å². The van der Waals surface area contributed by atoms with Crippen LogP contribution in [0.4, 0.5) is 13.2 Å². The van der Waals surface area contributed by atoms with Crippen LogP contribution >= 0.6 is 0 Å². The van der Waals surface area contributed by atoms with Gasteiger partial charge in [0.05, 0.1) is 0 Å². The van der Waals surface area contributed by atoms with Gasteiger partial charge in [-0.3, -0.25) is 19.4 Å². The average Bonchev–Trinajstić information content (AvgIpc) is 2.72. The van der Waals surface area contributed by atoms with Crippen LogP contribution in [-0.4, -0.2) is 34.1 Å². The summed E-state index contributed by atoms with van der Waals surface area (Å²) in [6, 6.07) is 0.138. The number of rotatable bonds is 9. The lowest BCUT2D eigenvalue weighted by atomic mass is 10.1. The Morgan fingerprint density at radius 3 is 2.21 bits per heavy atom. The van der Waals surface area contributed by atoms with Crippen molar-refractivity contribution < 1.29 is 22.8 Å². The molecule has 2 amide bonds. The Kier molecular flexibility index (Phi) is 8.78. The summed E-state index contributed by atoms with van der Waals surface area (Å²) in [4.78, 5) is 42.1. The normalized spacial score (nSPS) is 12.6. The summed E-state index contributed by atoms with van der Waals surface area (Å²) in [5.74, 6) is -1.47. The van der Waals surface area contributed by atoms with E-state index in [-0.39, 0.29) is 17.0 Å². The molecule has 0 unspecified atom stereocenters. The average molecular weight is 467 g/mol. The molecule has 0 radical (unpaired) electrons. The molecule has 2 rings (SSSR count). The highest BCUT2D eigenvalue weighted by Gasteiger charge is 2.42. The van der Waals surface area contributed by atoms with E-state index in [4.69, 9.17) is 0 Å². The van der Waals surface area contributed by atoms with Gasteiger partial charge in [0.25, 0.3) is 11.8 Å². The number of carbonyl (C=O) groups excluding carboxylic acids is 2. The Bertz CT molecular complexity index is 1020. The second-order valence-corrected chi connectivity index (χ2v) is 8.68. The van der Waals surface area contributed by atoms with Crippen molar-refractivity contribution in [2.24, 2.45) is 11.8 Å². The second-order valence-electron chi connectivity index (χ2n) is 8.68. The zero-order valence-corrected chi connectivity index (χ0v) is 19.1. The van der Waals surface area contributed by atoms with Gasteiger partial charge in [-0.1, -0.05) is 33.8 Å². The molecule has 0 bridgehead atoms. The largest absolute Gasteiger partial charge is 0.412 e. The van der Waals surface area contributed by atoms with Crippen molar-refractivity contribution in [3.8, 4) is 0 Å². The molecule has 180 valence electrons. The molecule has 7 nitrogen and oxygen atoms in total. The minimum atomic E-state index is -4.82. The highest BCUT2D eigenvalue weighted by molar-refractivity contribution is 5.99. The van der Waals surface area contributed by atoms with Crippen LogP contribution in [0.25, 0.3) is 0 Å². The Balaban J connectivity index is 2.43. The summed E-state index contributed by atoms with van der Waals surface area (Å²) >= 11 is 0. The van der Waals surface area contributed by atoms with Gasteiger partial charge in [0, 0.05) is 43.4 Å². The lowest BCUT2D eigenvalue weighted by molar-refractivity contribution is -0.155. The van der Waals surface area contributed by atoms with Crippen molar-refractivity contribution in [2.45, 2.75) is 52.9 Å². The van der Waals surface area contributed by atoms with E-state index >= 15 is 0 Å². The minimum absolute atomic E-state index is 0.0959. The first-order valence-electron chi connectivity index (χ1n) is 10.7. The summed E-state index contributed by atoms with van der Waals surface area (Å²) in [6.07, 6.45) is 0.677. The first-order chi connectivity index (χ1) is 15.4. The fraction of sp³-hybridized carbons (Fsp3) is 0.478. The SMILES string of the molecule is CC(C)CCNC(=O)c1cn(CC(C)C)cc(C(=O)N[C@H](c2cccnc2)C(F)(F)F)c1=O. The van der Waals surface area contributed by atoms with Crippen molar-refractivity contribution in [3.63, 3.8) is 0 Å². The number of amides is 2. The molecule has 0 saturated heterocycles. The van der Waals surface area contributed by atoms with E-state index in [1.165, 1.54) is 35.3 Å². The molecule has 0 aliphatic heterocycles. The highest BCUT2D eigenvalue weighted by Crippen LogP contribution is 2.32. The Morgan fingerprint density at radius 2 is 1.70 bits per heavy atom. The molecule has 0 aliphatic rings. The number of nitrogens with zero attached hydrogens (tertiary/aromatic N) is 2. The molecular formula is C23H29F3N4O3. The molecule has 2 aromatic rings. The summed E-state index contributed by atoms with van der Waals surface area (Å²) < 4.78 is 42.4. The number of nitrogens with one attached hydrogen (secondary N) is 2. The number of halogens is 3. The first kappa shape index (κ1) is 26.1. The third kappa shape index (κ3) is 7.44. The van der Waals surface area contributed by atoms with Gasteiger partial charge in [0.2, 0.25) is 5.43 Å². The van der Waals surface area contributed by atoms with Crippen LogP contribution in [0.5, 0.6) is 0 Å². The number of alkyl halides is 3. The molecule has 10 heteroatoms. The van der Waals surface area contributed by atoms with Crippen molar-refractivity contribution in [1.29, 1.82) is 0 Å². The maximum atomic E-state index is 13.7. The Hall–Kier alpha value is -3.17. The number of aromatic nitrogens is 2.